The molecular formula is C26H22ClIN4O3. The molecule has 0 spiro atoms. The molecule has 0 fully saturated rings. The molecule has 0 radical (unpaired) electrons. The summed E-state index contributed by atoms with van der Waals surface area (Å²) < 4.78 is 13.9. The number of ether oxygens (including phenoxy) is 2. The summed E-state index contributed by atoms with van der Waals surface area (Å²) in [4.78, 5) is 18.7. The van der Waals surface area contributed by atoms with Gasteiger partial charge in [0.15, 0.2) is 0 Å². The molecule has 0 bridgehead atoms. The standard InChI is InChI=1S/C26H22ClIN4O3/c1-14-23(25(33)29-19-13-21(34-2)17(27)12-22(19)35-3)24(15-7-6-8-16(28)11-15)31-26-30-18-9-4-5-10-20(18)32(14)26/h4-13,24H,1-3H3,(H,29,33)(H,30,31). The van der Waals surface area contributed by atoms with E-state index < -0.39 is 6.04 Å². The molecule has 0 saturated heterocycles. The number of carbonyl (C=O) groups is 1. The van der Waals surface area contributed by atoms with Crippen LogP contribution in [-0.2, 0) is 4.79 Å². The van der Waals surface area contributed by atoms with Gasteiger partial charge >= 0.3 is 0 Å². The van der Waals surface area contributed by atoms with Gasteiger partial charge in [-0.25, -0.2) is 4.98 Å². The number of benzene rings is 3. The first-order valence-corrected chi connectivity index (χ1v) is 12.3. The number of fused-ring (bicyclic) bond motifs is 3. The Morgan fingerprint density at radius 1 is 1.09 bits per heavy atom. The van der Waals surface area contributed by atoms with Gasteiger partial charge in [-0.15, -0.1) is 0 Å². The third-order valence-electron chi connectivity index (χ3n) is 6.00. The van der Waals surface area contributed by atoms with Crippen molar-refractivity contribution in [1.29, 1.82) is 0 Å². The first-order chi connectivity index (χ1) is 16.9. The Labute approximate surface area is 221 Å². The largest absolute Gasteiger partial charge is 0.495 e. The number of methoxy groups -OCH3 is 2. The Morgan fingerprint density at radius 2 is 1.86 bits per heavy atom. The number of hydrogen-bond donors (Lipinski definition) is 2. The highest BCUT2D eigenvalue weighted by Crippen LogP contribution is 2.41. The molecule has 178 valence electrons. The summed E-state index contributed by atoms with van der Waals surface area (Å²) in [5, 5.41) is 6.90. The first kappa shape index (κ1) is 23.5. The molecule has 1 aliphatic heterocycles. The molecule has 2 heterocycles. The predicted octanol–water partition coefficient (Wildman–Crippen LogP) is 6.35. The smallest absolute Gasteiger partial charge is 0.255 e. The maximum absolute atomic E-state index is 13.9. The second-order valence-electron chi connectivity index (χ2n) is 8.03. The van der Waals surface area contributed by atoms with Gasteiger partial charge in [0.1, 0.15) is 11.5 Å². The monoisotopic (exact) mass is 600 g/mol. The van der Waals surface area contributed by atoms with E-state index in [0.29, 0.717) is 33.7 Å². The molecule has 1 unspecified atom stereocenters. The van der Waals surface area contributed by atoms with Gasteiger partial charge in [-0.3, -0.25) is 9.36 Å². The summed E-state index contributed by atoms with van der Waals surface area (Å²) in [6.07, 6.45) is 0. The van der Waals surface area contributed by atoms with Gasteiger partial charge in [-0.2, -0.15) is 0 Å². The molecule has 0 aliphatic carbocycles. The van der Waals surface area contributed by atoms with Crippen LogP contribution >= 0.6 is 34.2 Å². The number of rotatable bonds is 5. The van der Waals surface area contributed by atoms with E-state index in [2.05, 4.69) is 39.3 Å². The van der Waals surface area contributed by atoms with Crippen LogP contribution in [0.4, 0.5) is 11.6 Å². The van der Waals surface area contributed by atoms with Crippen molar-refractivity contribution in [3.8, 4) is 11.5 Å². The summed E-state index contributed by atoms with van der Waals surface area (Å²) in [6.45, 7) is 1.94. The second kappa shape index (κ2) is 9.43. The molecule has 4 aromatic rings. The Morgan fingerprint density at radius 3 is 2.60 bits per heavy atom. The third-order valence-corrected chi connectivity index (χ3v) is 6.96. The van der Waals surface area contributed by atoms with Crippen LogP contribution in [0.5, 0.6) is 11.5 Å². The van der Waals surface area contributed by atoms with Crippen LogP contribution in [0.1, 0.15) is 18.5 Å². The van der Waals surface area contributed by atoms with Crippen molar-refractivity contribution in [2.24, 2.45) is 0 Å². The van der Waals surface area contributed by atoms with Gasteiger partial charge in [-0.1, -0.05) is 35.9 Å². The number of imidazole rings is 1. The number of nitrogens with zero attached hydrogens (tertiary/aromatic N) is 2. The Bertz CT molecular complexity index is 1500. The average molecular weight is 601 g/mol. The van der Waals surface area contributed by atoms with E-state index in [1.54, 1.807) is 12.1 Å². The zero-order valence-electron chi connectivity index (χ0n) is 19.2. The number of nitrogens with one attached hydrogen (secondary N) is 2. The van der Waals surface area contributed by atoms with Crippen LogP contribution in [-0.4, -0.2) is 29.7 Å². The number of hydrogen-bond acceptors (Lipinski definition) is 5. The zero-order chi connectivity index (χ0) is 24.7. The molecule has 1 aliphatic rings. The topological polar surface area (TPSA) is 77.4 Å². The van der Waals surface area contributed by atoms with Gasteiger partial charge in [0.25, 0.3) is 5.91 Å². The quantitative estimate of drug-likeness (QED) is 0.261. The van der Waals surface area contributed by atoms with Gasteiger partial charge in [0.05, 0.1) is 47.6 Å². The van der Waals surface area contributed by atoms with Crippen molar-refractivity contribution in [1.82, 2.24) is 9.55 Å². The molecule has 5 rings (SSSR count). The van der Waals surface area contributed by atoms with E-state index in [9.17, 15) is 4.79 Å². The molecular weight excluding hydrogens is 579 g/mol. The van der Waals surface area contributed by atoms with E-state index in [4.69, 9.17) is 26.1 Å². The van der Waals surface area contributed by atoms with E-state index in [1.807, 2.05) is 54.0 Å². The zero-order valence-corrected chi connectivity index (χ0v) is 22.1. The normalized spacial score (nSPS) is 14.9. The lowest BCUT2D eigenvalue weighted by molar-refractivity contribution is -0.113. The number of anilines is 2. The van der Waals surface area contributed by atoms with E-state index in [-0.39, 0.29) is 5.91 Å². The van der Waals surface area contributed by atoms with Crippen LogP contribution in [0.25, 0.3) is 16.7 Å². The third kappa shape index (κ3) is 4.21. The second-order valence-corrected chi connectivity index (χ2v) is 9.68. The number of allylic oxidation sites excluding steroid dienone is 1. The van der Waals surface area contributed by atoms with E-state index in [0.717, 1.165) is 25.9 Å². The van der Waals surface area contributed by atoms with Crippen molar-refractivity contribution in [2.45, 2.75) is 13.0 Å². The number of aromatic nitrogens is 2. The van der Waals surface area contributed by atoms with Crippen LogP contribution < -0.4 is 20.1 Å². The van der Waals surface area contributed by atoms with Gasteiger partial charge in [0, 0.05) is 21.4 Å². The fourth-order valence-electron chi connectivity index (χ4n) is 4.37. The first-order valence-electron chi connectivity index (χ1n) is 10.8. The highest BCUT2D eigenvalue weighted by atomic mass is 127. The Kier molecular flexibility index (Phi) is 6.33. The van der Waals surface area contributed by atoms with Crippen molar-refractivity contribution < 1.29 is 14.3 Å². The summed E-state index contributed by atoms with van der Waals surface area (Å²) in [5.74, 6) is 1.29. The van der Waals surface area contributed by atoms with Gasteiger partial charge in [0.2, 0.25) is 5.95 Å². The molecule has 0 saturated carbocycles. The lowest BCUT2D eigenvalue weighted by Gasteiger charge is -2.30. The minimum Gasteiger partial charge on any atom is -0.495 e. The lowest BCUT2D eigenvalue weighted by Crippen LogP contribution is -2.30. The molecule has 1 amide bonds. The van der Waals surface area contributed by atoms with Crippen LogP contribution in [0.3, 0.4) is 0 Å². The summed E-state index contributed by atoms with van der Waals surface area (Å²) in [6, 6.07) is 18.8. The Hall–Kier alpha value is -3.24. The number of amides is 1. The summed E-state index contributed by atoms with van der Waals surface area (Å²) >= 11 is 8.53. The van der Waals surface area contributed by atoms with Gasteiger partial charge in [-0.05, 0) is 59.3 Å². The number of para-hydroxylation sites is 2. The molecule has 2 N–H and O–H groups in total. The van der Waals surface area contributed by atoms with Crippen molar-refractivity contribution in [3.05, 3.63) is 80.4 Å². The van der Waals surface area contributed by atoms with Gasteiger partial charge < -0.3 is 20.1 Å². The lowest BCUT2D eigenvalue weighted by atomic mass is 9.94. The number of halogens is 2. The highest BCUT2D eigenvalue weighted by Gasteiger charge is 2.33. The molecule has 7 nitrogen and oxygen atoms in total. The average Bonchev–Trinajstić information content (AvgIpc) is 3.23. The SMILES string of the molecule is COc1cc(NC(=O)C2=C(C)n3c(nc4ccccc43)NC2c2cccc(I)c2)c(OC)cc1Cl. The summed E-state index contributed by atoms with van der Waals surface area (Å²) in [7, 11) is 3.05. The fraction of sp³-hybridized carbons (Fsp3) is 0.154. The summed E-state index contributed by atoms with van der Waals surface area (Å²) in [5.41, 5.74) is 4.54. The molecule has 35 heavy (non-hydrogen) atoms. The van der Waals surface area contributed by atoms with Crippen molar-refractivity contribution >= 4 is 68.5 Å². The Balaban J connectivity index is 1.66. The van der Waals surface area contributed by atoms with Crippen molar-refractivity contribution in [3.63, 3.8) is 0 Å². The minimum absolute atomic E-state index is 0.273. The van der Waals surface area contributed by atoms with Crippen LogP contribution in [0.15, 0.2) is 66.2 Å². The maximum atomic E-state index is 13.9. The maximum Gasteiger partial charge on any atom is 0.255 e. The van der Waals surface area contributed by atoms with E-state index in [1.165, 1.54) is 14.2 Å². The molecule has 3 aromatic carbocycles. The predicted molar refractivity (Wildman–Crippen MR) is 147 cm³/mol. The number of carbonyl (C=O) groups excluding carboxylic acids is 1. The fourth-order valence-corrected chi connectivity index (χ4v) is 5.17. The minimum atomic E-state index is -0.408. The molecule has 1 atom stereocenters. The molecule has 9 heteroatoms. The van der Waals surface area contributed by atoms with Crippen molar-refractivity contribution in [2.75, 3.05) is 24.9 Å². The van der Waals surface area contributed by atoms with E-state index >= 15 is 0 Å². The van der Waals surface area contributed by atoms with Crippen LogP contribution in [0.2, 0.25) is 5.02 Å². The molecule has 1 aromatic heterocycles. The highest BCUT2D eigenvalue weighted by molar-refractivity contribution is 14.1. The van der Waals surface area contributed by atoms with Crippen LogP contribution in [0, 0.1) is 3.57 Å².